The minimum Gasteiger partial charge on any atom is -0.388 e. The molecule has 1 heterocycles. The van der Waals surface area contributed by atoms with Crippen molar-refractivity contribution in [3.63, 3.8) is 0 Å². The summed E-state index contributed by atoms with van der Waals surface area (Å²) in [6.07, 6.45) is 2.66. The van der Waals surface area contributed by atoms with Gasteiger partial charge in [-0.1, -0.05) is 6.92 Å². The first kappa shape index (κ1) is 12.0. The molecular weight excluding hydrogens is 190 g/mol. The molecular formula is C11H21N3O. The van der Waals surface area contributed by atoms with Crippen molar-refractivity contribution in [1.29, 1.82) is 0 Å². The summed E-state index contributed by atoms with van der Waals surface area (Å²) in [5, 5.41) is 0. The summed E-state index contributed by atoms with van der Waals surface area (Å²) >= 11 is 0. The van der Waals surface area contributed by atoms with Gasteiger partial charge in [-0.3, -0.25) is 9.79 Å². The van der Waals surface area contributed by atoms with Gasteiger partial charge in [0.2, 0.25) is 5.91 Å². The molecule has 1 atom stereocenters. The van der Waals surface area contributed by atoms with Crippen LogP contribution in [-0.4, -0.2) is 36.3 Å². The molecule has 86 valence electrons. The zero-order valence-electron chi connectivity index (χ0n) is 9.70. The summed E-state index contributed by atoms with van der Waals surface area (Å²) in [6, 6.07) is 0. The van der Waals surface area contributed by atoms with Gasteiger partial charge in [0.05, 0.1) is 5.84 Å². The van der Waals surface area contributed by atoms with Crippen molar-refractivity contribution in [3.05, 3.63) is 0 Å². The summed E-state index contributed by atoms with van der Waals surface area (Å²) in [7, 11) is 0. The van der Waals surface area contributed by atoms with E-state index in [2.05, 4.69) is 4.99 Å². The second-order valence-corrected chi connectivity index (χ2v) is 4.23. The van der Waals surface area contributed by atoms with E-state index < -0.39 is 0 Å². The van der Waals surface area contributed by atoms with Gasteiger partial charge < -0.3 is 10.6 Å². The fraction of sp³-hybridized carbons (Fsp3) is 0.818. The molecule has 0 spiro atoms. The van der Waals surface area contributed by atoms with E-state index in [1.54, 1.807) is 6.92 Å². The predicted molar refractivity (Wildman–Crippen MR) is 61.8 cm³/mol. The number of amidine groups is 1. The monoisotopic (exact) mass is 211 g/mol. The first-order valence-corrected chi connectivity index (χ1v) is 5.67. The van der Waals surface area contributed by atoms with Crippen molar-refractivity contribution in [2.24, 2.45) is 16.6 Å². The SMILES string of the molecule is CCCC(=O)N1CCC(CN=C(C)N)C1. The lowest BCUT2D eigenvalue weighted by Crippen LogP contribution is -2.28. The zero-order chi connectivity index (χ0) is 11.3. The number of carbonyl (C=O) groups excluding carboxylic acids is 1. The van der Waals surface area contributed by atoms with Crippen LogP contribution in [0.15, 0.2) is 4.99 Å². The Kier molecular flexibility index (Phi) is 4.59. The Morgan fingerprint density at radius 3 is 2.93 bits per heavy atom. The van der Waals surface area contributed by atoms with Crippen LogP contribution in [0, 0.1) is 5.92 Å². The summed E-state index contributed by atoms with van der Waals surface area (Å²) < 4.78 is 0. The van der Waals surface area contributed by atoms with Gasteiger partial charge in [-0.15, -0.1) is 0 Å². The van der Waals surface area contributed by atoms with Crippen molar-refractivity contribution in [2.75, 3.05) is 19.6 Å². The molecule has 2 N–H and O–H groups in total. The molecule has 0 radical (unpaired) electrons. The standard InChI is InChI=1S/C11H21N3O/c1-3-4-11(15)14-6-5-10(8-14)7-13-9(2)12/h10H,3-8H2,1-2H3,(H2,12,13). The number of aliphatic imine (C=N–C) groups is 1. The van der Waals surface area contributed by atoms with E-state index in [1.807, 2.05) is 11.8 Å². The Balaban J connectivity index is 2.32. The van der Waals surface area contributed by atoms with Gasteiger partial charge >= 0.3 is 0 Å². The molecule has 1 aliphatic rings. The molecule has 1 unspecified atom stereocenters. The molecule has 1 saturated heterocycles. The second-order valence-electron chi connectivity index (χ2n) is 4.23. The molecule has 4 heteroatoms. The maximum Gasteiger partial charge on any atom is 0.222 e. The van der Waals surface area contributed by atoms with Gasteiger partial charge in [0.15, 0.2) is 0 Å². The first-order chi connectivity index (χ1) is 7.13. The van der Waals surface area contributed by atoms with Crippen LogP contribution in [0.5, 0.6) is 0 Å². The largest absolute Gasteiger partial charge is 0.388 e. The van der Waals surface area contributed by atoms with E-state index in [9.17, 15) is 4.79 Å². The molecule has 0 aromatic carbocycles. The number of nitrogens with zero attached hydrogens (tertiary/aromatic N) is 2. The van der Waals surface area contributed by atoms with Crippen LogP contribution in [0.25, 0.3) is 0 Å². The lowest BCUT2D eigenvalue weighted by molar-refractivity contribution is -0.130. The maximum absolute atomic E-state index is 11.6. The van der Waals surface area contributed by atoms with Crippen LogP contribution >= 0.6 is 0 Å². The predicted octanol–water partition coefficient (Wildman–Crippen LogP) is 1.01. The summed E-state index contributed by atoms with van der Waals surface area (Å²) in [5.41, 5.74) is 5.48. The third-order valence-corrected chi connectivity index (χ3v) is 2.70. The van der Waals surface area contributed by atoms with Gasteiger partial charge in [0.1, 0.15) is 0 Å². The summed E-state index contributed by atoms with van der Waals surface area (Å²) in [6.45, 7) is 6.35. The molecule has 0 bridgehead atoms. The molecule has 15 heavy (non-hydrogen) atoms. The maximum atomic E-state index is 11.6. The number of likely N-dealkylation sites (tertiary alicyclic amines) is 1. The van der Waals surface area contributed by atoms with Crippen molar-refractivity contribution < 1.29 is 4.79 Å². The normalized spacial score (nSPS) is 22.1. The number of carbonyl (C=O) groups is 1. The second kappa shape index (κ2) is 5.73. The van der Waals surface area contributed by atoms with Crippen LogP contribution in [0.2, 0.25) is 0 Å². The highest BCUT2D eigenvalue weighted by Gasteiger charge is 2.25. The molecule has 1 rings (SSSR count). The lowest BCUT2D eigenvalue weighted by Gasteiger charge is -2.15. The molecule has 4 nitrogen and oxygen atoms in total. The van der Waals surface area contributed by atoms with Crippen LogP contribution in [-0.2, 0) is 4.79 Å². The first-order valence-electron chi connectivity index (χ1n) is 5.67. The van der Waals surface area contributed by atoms with Crippen LogP contribution < -0.4 is 5.73 Å². The fourth-order valence-corrected chi connectivity index (χ4v) is 1.85. The quantitative estimate of drug-likeness (QED) is 0.557. The number of hydrogen-bond acceptors (Lipinski definition) is 2. The Labute approximate surface area is 91.5 Å². The zero-order valence-corrected chi connectivity index (χ0v) is 9.70. The molecule has 0 aromatic rings. The highest BCUT2D eigenvalue weighted by Crippen LogP contribution is 2.17. The molecule has 1 amide bonds. The average Bonchev–Trinajstić information content (AvgIpc) is 2.63. The molecule has 1 fully saturated rings. The van der Waals surface area contributed by atoms with Crippen molar-refractivity contribution >= 4 is 11.7 Å². The minimum atomic E-state index is 0.286. The third-order valence-electron chi connectivity index (χ3n) is 2.70. The van der Waals surface area contributed by atoms with Crippen molar-refractivity contribution in [1.82, 2.24) is 4.90 Å². The number of hydrogen-bond donors (Lipinski definition) is 1. The number of nitrogens with two attached hydrogens (primary N) is 1. The van der Waals surface area contributed by atoms with Crippen LogP contribution in [0.4, 0.5) is 0 Å². The van der Waals surface area contributed by atoms with Gasteiger partial charge in [-0.05, 0) is 25.7 Å². The molecule has 0 aromatic heterocycles. The van der Waals surface area contributed by atoms with E-state index in [0.717, 1.165) is 32.5 Å². The molecule has 0 saturated carbocycles. The highest BCUT2D eigenvalue weighted by atomic mass is 16.2. The fourth-order valence-electron chi connectivity index (χ4n) is 1.85. The Morgan fingerprint density at radius 2 is 2.33 bits per heavy atom. The molecule has 1 aliphatic heterocycles. The topological polar surface area (TPSA) is 58.7 Å². The van der Waals surface area contributed by atoms with Crippen molar-refractivity contribution in [3.8, 4) is 0 Å². The van der Waals surface area contributed by atoms with E-state index in [4.69, 9.17) is 5.73 Å². The smallest absolute Gasteiger partial charge is 0.222 e. The van der Waals surface area contributed by atoms with Gasteiger partial charge in [-0.25, -0.2) is 0 Å². The summed E-state index contributed by atoms with van der Waals surface area (Å²) in [4.78, 5) is 17.8. The average molecular weight is 211 g/mol. The van der Waals surface area contributed by atoms with E-state index in [-0.39, 0.29) is 5.91 Å². The highest BCUT2D eigenvalue weighted by molar-refractivity contribution is 5.77. The van der Waals surface area contributed by atoms with Crippen LogP contribution in [0.1, 0.15) is 33.1 Å². The number of rotatable bonds is 4. The van der Waals surface area contributed by atoms with E-state index in [0.29, 0.717) is 18.2 Å². The van der Waals surface area contributed by atoms with Crippen LogP contribution in [0.3, 0.4) is 0 Å². The lowest BCUT2D eigenvalue weighted by atomic mass is 10.1. The van der Waals surface area contributed by atoms with E-state index >= 15 is 0 Å². The Bertz CT molecular complexity index is 246. The van der Waals surface area contributed by atoms with Gasteiger partial charge in [0.25, 0.3) is 0 Å². The van der Waals surface area contributed by atoms with Crippen molar-refractivity contribution in [2.45, 2.75) is 33.1 Å². The Hall–Kier alpha value is -1.06. The molecule has 0 aliphatic carbocycles. The minimum absolute atomic E-state index is 0.286. The third kappa shape index (κ3) is 3.90. The number of amides is 1. The summed E-state index contributed by atoms with van der Waals surface area (Å²) in [5.74, 6) is 1.42. The Morgan fingerprint density at radius 1 is 1.60 bits per heavy atom. The van der Waals surface area contributed by atoms with E-state index in [1.165, 1.54) is 0 Å². The van der Waals surface area contributed by atoms with Gasteiger partial charge in [-0.2, -0.15) is 0 Å². The van der Waals surface area contributed by atoms with Gasteiger partial charge in [0, 0.05) is 26.1 Å².